The third-order valence-electron chi connectivity index (χ3n) is 6.00. The summed E-state index contributed by atoms with van der Waals surface area (Å²) in [7, 11) is -3.50. The SMILES string of the molecule is O=C(Cc1ccc2cnccc2c1)[C@@H]1C[C@H]1c1cccc(S(=O)(=O)Cc2ccccn2)c1. The Kier molecular flexibility index (Phi) is 5.31. The number of fused-ring (bicyclic) bond motifs is 1. The van der Waals surface area contributed by atoms with Crippen LogP contribution in [-0.4, -0.2) is 24.2 Å². The van der Waals surface area contributed by atoms with Crippen molar-refractivity contribution >= 4 is 26.4 Å². The van der Waals surface area contributed by atoms with E-state index in [9.17, 15) is 13.2 Å². The molecule has 1 aliphatic rings. The highest BCUT2D eigenvalue weighted by Crippen LogP contribution is 2.48. The van der Waals surface area contributed by atoms with Gasteiger partial charge < -0.3 is 0 Å². The van der Waals surface area contributed by atoms with Gasteiger partial charge in [0.2, 0.25) is 0 Å². The number of hydrogen-bond donors (Lipinski definition) is 0. The summed E-state index contributed by atoms with van der Waals surface area (Å²) in [6.07, 6.45) is 6.30. The molecule has 1 saturated carbocycles. The van der Waals surface area contributed by atoms with Crippen molar-refractivity contribution in [2.24, 2.45) is 5.92 Å². The van der Waals surface area contributed by atoms with E-state index in [-0.39, 0.29) is 28.3 Å². The number of carbonyl (C=O) groups excluding carboxylic acids is 1. The molecule has 0 spiro atoms. The highest BCUT2D eigenvalue weighted by Gasteiger charge is 2.43. The van der Waals surface area contributed by atoms with E-state index in [2.05, 4.69) is 9.97 Å². The Labute approximate surface area is 187 Å². The van der Waals surface area contributed by atoms with Gasteiger partial charge in [-0.2, -0.15) is 0 Å². The van der Waals surface area contributed by atoms with Gasteiger partial charge >= 0.3 is 0 Å². The van der Waals surface area contributed by atoms with Crippen LogP contribution in [0.4, 0.5) is 0 Å². The van der Waals surface area contributed by atoms with Crippen LogP contribution in [0.15, 0.2) is 90.2 Å². The van der Waals surface area contributed by atoms with Gasteiger partial charge in [-0.25, -0.2) is 8.42 Å². The van der Waals surface area contributed by atoms with Crippen LogP contribution in [0, 0.1) is 5.92 Å². The van der Waals surface area contributed by atoms with Crippen molar-refractivity contribution in [2.45, 2.75) is 29.4 Å². The minimum Gasteiger partial charge on any atom is -0.299 e. The number of hydrogen-bond acceptors (Lipinski definition) is 5. The Morgan fingerprint density at radius 1 is 0.938 bits per heavy atom. The Morgan fingerprint density at radius 3 is 2.69 bits per heavy atom. The fourth-order valence-corrected chi connectivity index (χ4v) is 5.52. The molecule has 160 valence electrons. The second kappa shape index (κ2) is 8.28. The first-order valence-electron chi connectivity index (χ1n) is 10.6. The molecule has 0 N–H and O–H groups in total. The molecule has 0 unspecified atom stereocenters. The summed E-state index contributed by atoms with van der Waals surface area (Å²) < 4.78 is 25.7. The van der Waals surface area contributed by atoms with Gasteiger partial charge in [-0.3, -0.25) is 14.8 Å². The number of rotatable bonds is 7. The minimum atomic E-state index is -3.50. The highest BCUT2D eigenvalue weighted by atomic mass is 32.2. The molecule has 1 aliphatic carbocycles. The molecular weight excluding hydrogens is 420 g/mol. The molecule has 0 aliphatic heterocycles. The largest absolute Gasteiger partial charge is 0.299 e. The Morgan fingerprint density at radius 2 is 1.84 bits per heavy atom. The topological polar surface area (TPSA) is 77.0 Å². The Bertz CT molecular complexity index is 1400. The number of ketones is 1. The molecule has 6 heteroatoms. The third-order valence-corrected chi connectivity index (χ3v) is 7.64. The lowest BCUT2D eigenvalue weighted by molar-refractivity contribution is -0.119. The van der Waals surface area contributed by atoms with Gasteiger partial charge in [0.1, 0.15) is 5.78 Å². The van der Waals surface area contributed by atoms with Crippen molar-refractivity contribution in [1.82, 2.24) is 9.97 Å². The lowest BCUT2D eigenvalue weighted by Crippen LogP contribution is -2.08. The second-order valence-corrected chi connectivity index (χ2v) is 10.3. The number of aromatic nitrogens is 2. The quantitative estimate of drug-likeness (QED) is 0.421. The third kappa shape index (κ3) is 4.32. The lowest BCUT2D eigenvalue weighted by Gasteiger charge is -2.07. The molecule has 1 fully saturated rings. The van der Waals surface area contributed by atoms with Crippen LogP contribution in [0.1, 0.15) is 29.2 Å². The maximum atomic E-state index is 12.9. The predicted molar refractivity (Wildman–Crippen MR) is 123 cm³/mol. The maximum Gasteiger partial charge on any atom is 0.184 e. The number of sulfone groups is 1. The molecule has 4 aromatic rings. The van der Waals surface area contributed by atoms with Gasteiger partial charge in [0.15, 0.2) is 9.84 Å². The normalized spacial score (nSPS) is 17.9. The maximum absolute atomic E-state index is 12.9. The molecule has 5 rings (SSSR count). The number of nitrogens with zero attached hydrogens (tertiary/aromatic N) is 2. The fraction of sp³-hybridized carbons (Fsp3) is 0.192. The summed E-state index contributed by atoms with van der Waals surface area (Å²) in [4.78, 5) is 21.4. The molecule has 2 heterocycles. The van der Waals surface area contributed by atoms with E-state index in [1.165, 1.54) is 0 Å². The van der Waals surface area contributed by atoms with Crippen molar-refractivity contribution < 1.29 is 13.2 Å². The molecular formula is C26H22N2O3S. The van der Waals surface area contributed by atoms with Crippen LogP contribution in [-0.2, 0) is 26.8 Å². The van der Waals surface area contributed by atoms with E-state index in [0.29, 0.717) is 12.1 Å². The van der Waals surface area contributed by atoms with Crippen LogP contribution in [0.25, 0.3) is 10.8 Å². The Hall–Kier alpha value is -3.38. The molecule has 0 saturated heterocycles. The van der Waals surface area contributed by atoms with E-state index >= 15 is 0 Å². The smallest absolute Gasteiger partial charge is 0.184 e. The van der Waals surface area contributed by atoms with E-state index in [0.717, 1.165) is 28.3 Å². The summed E-state index contributed by atoms with van der Waals surface area (Å²) in [6.45, 7) is 0. The first-order valence-corrected chi connectivity index (χ1v) is 12.2. The first kappa shape index (κ1) is 20.5. The number of pyridine rings is 2. The monoisotopic (exact) mass is 442 g/mol. The molecule has 0 amide bonds. The standard InChI is InChI=1S/C26H22N2O3S/c29-26(13-18-7-8-21-16-27-11-9-19(21)12-18)25-15-24(25)20-4-3-6-23(14-20)32(30,31)17-22-5-1-2-10-28-22/h1-12,14,16,24-25H,13,15,17H2/t24-,25+/m0/s1. The predicted octanol–water partition coefficient (Wildman–Crippen LogP) is 4.52. The zero-order valence-corrected chi connectivity index (χ0v) is 18.2. The van der Waals surface area contributed by atoms with Crippen molar-refractivity contribution in [2.75, 3.05) is 0 Å². The fourth-order valence-electron chi connectivity index (χ4n) is 4.19. The van der Waals surface area contributed by atoms with Crippen LogP contribution in [0.3, 0.4) is 0 Å². The van der Waals surface area contributed by atoms with Crippen LogP contribution < -0.4 is 0 Å². The van der Waals surface area contributed by atoms with Gasteiger partial charge in [0, 0.05) is 36.3 Å². The molecule has 5 nitrogen and oxygen atoms in total. The van der Waals surface area contributed by atoms with Crippen LogP contribution in [0.5, 0.6) is 0 Å². The summed E-state index contributed by atoms with van der Waals surface area (Å²) in [6, 6.07) is 20.2. The molecule has 2 aromatic heterocycles. The molecule has 32 heavy (non-hydrogen) atoms. The summed E-state index contributed by atoms with van der Waals surface area (Å²) in [5.74, 6) is 0.0844. The van der Waals surface area contributed by atoms with Crippen molar-refractivity contribution in [3.05, 3.63) is 102 Å². The van der Waals surface area contributed by atoms with Crippen LogP contribution in [0.2, 0.25) is 0 Å². The summed E-state index contributed by atoms with van der Waals surface area (Å²) in [5.41, 5.74) is 2.42. The van der Waals surface area contributed by atoms with E-state index in [1.807, 2.05) is 36.5 Å². The first-order chi connectivity index (χ1) is 15.5. The van der Waals surface area contributed by atoms with E-state index in [1.54, 1.807) is 48.8 Å². The second-order valence-electron chi connectivity index (χ2n) is 8.30. The van der Waals surface area contributed by atoms with Gasteiger partial charge in [-0.1, -0.05) is 36.4 Å². The summed E-state index contributed by atoms with van der Waals surface area (Å²) >= 11 is 0. The van der Waals surface area contributed by atoms with Gasteiger partial charge in [0.05, 0.1) is 16.3 Å². The zero-order chi connectivity index (χ0) is 22.1. The average molecular weight is 443 g/mol. The highest BCUT2D eigenvalue weighted by molar-refractivity contribution is 7.90. The molecule has 0 bridgehead atoms. The minimum absolute atomic E-state index is 0.0584. The molecule has 0 radical (unpaired) electrons. The van der Waals surface area contributed by atoms with E-state index in [4.69, 9.17) is 0 Å². The lowest BCUT2D eigenvalue weighted by atomic mass is 10.0. The number of Topliss-reactive ketones (excluding diaryl/α,β-unsaturated/α-hetero) is 1. The number of benzene rings is 2. The van der Waals surface area contributed by atoms with Gasteiger partial charge in [-0.15, -0.1) is 0 Å². The van der Waals surface area contributed by atoms with Gasteiger partial charge in [-0.05, 0) is 59.2 Å². The number of carbonyl (C=O) groups is 1. The van der Waals surface area contributed by atoms with Crippen molar-refractivity contribution in [1.29, 1.82) is 0 Å². The van der Waals surface area contributed by atoms with Crippen LogP contribution >= 0.6 is 0 Å². The van der Waals surface area contributed by atoms with Crippen molar-refractivity contribution in [3.63, 3.8) is 0 Å². The average Bonchev–Trinajstić information content (AvgIpc) is 3.61. The molecule has 2 atom stereocenters. The van der Waals surface area contributed by atoms with Gasteiger partial charge in [0.25, 0.3) is 0 Å². The van der Waals surface area contributed by atoms with Crippen molar-refractivity contribution in [3.8, 4) is 0 Å². The van der Waals surface area contributed by atoms with E-state index < -0.39 is 9.84 Å². The molecule has 2 aromatic carbocycles. The summed E-state index contributed by atoms with van der Waals surface area (Å²) in [5, 5.41) is 2.13. The Balaban J connectivity index is 1.29. The zero-order valence-electron chi connectivity index (χ0n) is 17.4.